The highest BCUT2D eigenvalue weighted by Crippen LogP contribution is 2.25. The van der Waals surface area contributed by atoms with Crippen molar-refractivity contribution < 1.29 is 4.39 Å². The normalized spacial score (nSPS) is 12.5. The number of hydrogen-bond acceptors (Lipinski definition) is 1. The largest absolute Gasteiger partial charge is 0.313 e. The molecule has 0 aliphatic rings. The number of rotatable bonds is 4. The first-order chi connectivity index (χ1) is 9.92. The summed E-state index contributed by atoms with van der Waals surface area (Å²) in [6.45, 7) is 8.21. The van der Waals surface area contributed by atoms with Gasteiger partial charge in [-0.05, 0) is 75.0 Å². The van der Waals surface area contributed by atoms with E-state index in [-0.39, 0.29) is 11.9 Å². The van der Waals surface area contributed by atoms with Gasteiger partial charge in [-0.3, -0.25) is 0 Å². The van der Waals surface area contributed by atoms with E-state index in [2.05, 4.69) is 38.2 Å². The Kier molecular flexibility index (Phi) is 4.79. The molecular formula is C19H24FN. The monoisotopic (exact) mass is 285 g/mol. The second-order valence-electron chi connectivity index (χ2n) is 5.93. The zero-order valence-electron chi connectivity index (χ0n) is 13.5. The molecule has 0 heterocycles. The second-order valence-corrected chi connectivity index (χ2v) is 5.93. The molecule has 0 radical (unpaired) electrons. The van der Waals surface area contributed by atoms with Crippen LogP contribution in [0.4, 0.5) is 4.39 Å². The minimum Gasteiger partial charge on any atom is -0.313 e. The lowest BCUT2D eigenvalue weighted by atomic mass is 9.91. The molecule has 1 N–H and O–H groups in total. The average molecular weight is 285 g/mol. The Hall–Kier alpha value is -1.67. The number of hydrogen-bond donors (Lipinski definition) is 1. The van der Waals surface area contributed by atoms with Crippen molar-refractivity contribution in [2.24, 2.45) is 0 Å². The van der Waals surface area contributed by atoms with Crippen molar-refractivity contribution in [3.63, 3.8) is 0 Å². The number of benzene rings is 2. The van der Waals surface area contributed by atoms with E-state index in [1.807, 2.05) is 19.2 Å². The summed E-state index contributed by atoms with van der Waals surface area (Å²) >= 11 is 0. The van der Waals surface area contributed by atoms with Gasteiger partial charge in [0, 0.05) is 6.04 Å². The number of likely N-dealkylation sites (N-methyl/N-ethyl adjacent to an activating group) is 1. The Bertz CT molecular complexity index is 623. The Morgan fingerprint density at radius 1 is 0.952 bits per heavy atom. The summed E-state index contributed by atoms with van der Waals surface area (Å²) in [5, 5.41) is 3.32. The number of aryl methyl sites for hydroxylation is 4. The minimum absolute atomic E-state index is 0.125. The van der Waals surface area contributed by atoms with Crippen molar-refractivity contribution in [1.29, 1.82) is 0 Å². The van der Waals surface area contributed by atoms with Crippen LogP contribution in [0.15, 0.2) is 30.3 Å². The lowest BCUT2D eigenvalue weighted by molar-refractivity contribution is 0.572. The highest BCUT2D eigenvalue weighted by Gasteiger charge is 2.14. The average Bonchev–Trinajstić information content (AvgIpc) is 2.41. The van der Waals surface area contributed by atoms with Gasteiger partial charge in [-0.1, -0.05) is 29.8 Å². The van der Waals surface area contributed by atoms with Gasteiger partial charge in [0.1, 0.15) is 5.82 Å². The fourth-order valence-corrected chi connectivity index (χ4v) is 2.95. The topological polar surface area (TPSA) is 12.0 Å². The van der Waals surface area contributed by atoms with Crippen LogP contribution in [0.5, 0.6) is 0 Å². The van der Waals surface area contributed by atoms with Crippen molar-refractivity contribution in [2.75, 3.05) is 7.05 Å². The van der Waals surface area contributed by atoms with Gasteiger partial charge in [0.2, 0.25) is 0 Å². The van der Waals surface area contributed by atoms with Gasteiger partial charge in [-0.25, -0.2) is 4.39 Å². The molecule has 0 bridgehead atoms. The number of nitrogens with one attached hydrogen (secondary N) is 1. The summed E-state index contributed by atoms with van der Waals surface area (Å²) in [6.07, 6.45) is 0.872. The molecule has 0 saturated carbocycles. The molecule has 1 atom stereocenters. The minimum atomic E-state index is -0.134. The van der Waals surface area contributed by atoms with Crippen LogP contribution in [-0.4, -0.2) is 7.05 Å². The maximum absolute atomic E-state index is 13.8. The highest BCUT2D eigenvalue weighted by molar-refractivity contribution is 5.39. The third kappa shape index (κ3) is 3.51. The van der Waals surface area contributed by atoms with Crippen molar-refractivity contribution in [2.45, 2.75) is 40.2 Å². The summed E-state index contributed by atoms with van der Waals surface area (Å²) < 4.78 is 13.8. The Balaban J connectivity index is 2.33. The van der Waals surface area contributed by atoms with Crippen LogP contribution in [0.3, 0.4) is 0 Å². The molecule has 2 heteroatoms. The zero-order valence-corrected chi connectivity index (χ0v) is 13.5. The summed E-state index contributed by atoms with van der Waals surface area (Å²) in [5.41, 5.74) is 6.94. The first-order valence-electron chi connectivity index (χ1n) is 7.42. The molecule has 0 aliphatic heterocycles. The molecule has 0 aliphatic carbocycles. The summed E-state index contributed by atoms with van der Waals surface area (Å²) in [7, 11) is 1.93. The van der Waals surface area contributed by atoms with Crippen LogP contribution < -0.4 is 5.32 Å². The van der Waals surface area contributed by atoms with E-state index in [1.165, 1.54) is 22.3 Å². The second kappa shape index (κ2) is 6.40. The quantitative estimate of drug-likeness (QED) is 0.868. The van der Waals surface area contributed by atoms with Gasteiger partial charge in [0.15, 0.2) is 0 Å². The smallest absolute Gasteiger partial charge is 0.126 e. The Labute approximate surface area is 127 Å². The first-order valence-corrected chi connectivity index (χ1v) is 7.42. The maximum atomic E-state index is 13.8. The van der Waals surface area contributed by atoms with Crippen LogP contribution >= 0.6 is 0 Å². The molecule has 0 saturated heterocycles. The molecular weight excluding hydrogens is 261 g/mol. The van der Waals surface area contributed by atoms with Crippen LogP contribution in [0, 0.1) is 33.5 Å². The molecule has 0 amide bonds. The van der Waals surface area contributed by atoms with E-state index in [9.17, 15) is 4.39 Å². The van der Waals surface area contributed by atoms with E-state index < -0.39 is 0 Å². The zero-order chi connectivity index (χ0) is 15.6. The van der Waals surface area contributed by atoms with Crippen LogP contribution in [0.1, 0.15) is 39.4 Å². The fraction of sp³-hybridized carbons (Fsp3) is 0.368. The van der Waals surface area contributed by atoms with Crippen molar-refractivity contribution >= 4 is 0 Å². The fourth-order valence-electron chi connectivity index (χ4n) is 2.95. The van der Waals surface area contributed by atoms with Gasteiger partial charge in [0.05, 0.1) is 0 Å². The van der Waals surface area contributed by atoms with Gasteiger partial charge < -0.3 is 5.32 Å². The van der Waals surface area contributed by atoms with Crippen molar-refractivity contribution in [1.82, 2.24) is 5.32 Å². The summed E-state index contributed by atoms with van der Waals surface area (Å²) in [6, 6.07) is 10.1. The molecule has 0 fully saturated rings. The Morgan fingerprint density at radius 2 is 1.57 bits per heavy atom. The maximum Gasteiger partial charge on any atom is 0.126 e. The van der Waals surface area contributed by atoms with Gasteiger partial charge >= 0.3 is 0 Å². The van der Waals surface area contributed by atoms with E-state index in [4.69, 9.17) is 0 Å². The van der Waals surface area contributed by atoms with E-state index >= 15 is 0 Å². The van der Waals surface area contributed by atoms with Crippen LogP contribution in [-0.2, 0) is 6.42 Å². The molecule has 21 heavy (non-hydrogen) atoms. The SMILES string of the molecule is CNC(Cc1c(C)cc(C)cc1C)c1ccc(C)c(F)c1. The standard InChI is InChI=1S/C19H24FN/c1-12-8-14(3)17(15(4)9-12)11-19(21-5)16-7-6-13(2)18(20)10-16/h6-10,19,21H,11H2,1-5H3. The molecule has 2 aromatic rings. The van der Waals surface area contributed by atoms with Crippen molar-refractivity contribution in [3.05, 3.63) is 69.5 Å². The van der Waals surface area contributed by atoms with E-state index in [1.54, 1.807) is 13.0 Å². The predicted molar refractivity (Wildman–Crippen MR) is 87.3 cm³/mol. The van der Waals surface area contributed by atoms with E-state index in [0.29, 0.717) is 5.56 Å². The summed E-state index contributed by atoms with van der Waals surface area (Å²) in [5.74, 6) is -0.134. The van der Waals surface area contributed by atoms with Gasteiger partial charge in [-0.15, -0.1) is 0 Å². The number of halogens is 1. The van der Waals surface area contributed by atoms with Crippen molar-refractivity contribution in [3.8, 4) is 0 Å². The lowest BCUT2D eigenvalue weighted by Crippen LogP contribution is -2.20. The predicted octanol–water partition coefficient (Wildman–Crippen LogP) is 4.56. The molecule has 2 aromatic carbocycles. The summed E-state index contributed by atoms with van der Waals surface area (Å²) in [4.78, 5) is 0. The Morgan fingerprint density at radius 3 is 2.10 bits per heavy atom. The lowest BCUT2D eigenvalue weighted by Gasteiger charge is -2.20. The van der Waals surface area contributed by atoms with Gasteiger partial charge in [-0.2, -0.15) is 0 Å². The van der Waals surface area contributed by atoms with Gasteiger partial charge in [0.25, 0.3) is 0 Å². The molecule has 0 aromatic heterocycles. The molecule has 1 nitrogen and oxygen atoms in total. The third-order valence-corrected chi connectivity index (χ3v) is 4.20. The third-order valence-electron chi connectivity index (χ3n) is 4.20. The molecule has 2 rings (SSSR count). The molecule has 1 unspecified atom stereocenters. The molecule has 0 spiro atoms. The highest BCUT2D eigenvalue weighted by atomic mass is 19.1. The van der Waals surface area contributed by atoms with Crippen LogP contribution in [0.2, 0.25) is 0 Å². The first kappa shape index (κ1) is 15.7. The molecule has 112 valence electrons. The van der Waals surface area contributed by atoms with Crippen LogP contribution in [0.25, 0.3) is 0 Å². The van der Waals surface area contributed by atoms with E-state index in [0.717, 1.165) is 12.0 Å².